The van der Waals surface area contributed by atoms with E-state index in [2.05, 4.69) is 15.6 Å². The van der Waals surface area contributed by atoms with Gasteiger partial charge in [-0.15, -0.1) is 0 Å². The molecule has 136 valence electrons. The van der Waals surface area contributed by atoms with Crippen LogP contribution in [-0.4, -0.2) is 48.5 Å². The summed E-state index contributed by atoms with van der Waals surface area (Å²) in [4.78, 5) is 4.18. The second-order valence-electron chi connectivity index (χ2n) is 6.19. The number of guanidine groups is 1. The first-order valence-electron chi connectivity index (χ1n) is 7.85. The van der Waals surface area contributed by atoms with E-state index in [1.165, 1.54) is 0 Å². The molecule has 0 saturated heterocycles. The normalized spacial score (nSPS) is 13.3. The Morgan fingerprint density at radius 1 is 1.21 bits per heavy atom. The van der Waals surface area contributed by atoms with Crippen LogP contribution in [0.4, 0.5) is 0 Å². The van der Waals surface area contributed by atoms with Crippen LogP contribution in [0.15, 0.2) is 23.2 Å². The molecule has 24 heavy (non-hydrogen) atoms. The first-order valence-corrected chi connectivity index (χ1v) is 9.17. The smallest absolute Gasteiger partial charge is 0.191 e. The van der Waals surface area contributed by atoms with Crippen LogP contribution in [0.25, 0.3) is 0 Å². The third kappa shape index (κ3) is 6.39. The SMILES string of the molecule is CN=C(NCCS(=O)C(C)(C)C)NCc1ccc(OC)cc1OC. The standard InChI is InChI=1S/C17H29N3O3S/c1-17(2,3)24(21)10-9-19-16(18-4)20-12-13-7-8-14(22-5)11-15(13)23-6/h7-8,11H,9-10,12H2,1-6H3,(H2,18,19,20). The monoisotopic (exact) mass is 355 g/mol. The number of aliphatic imine (C=N–C) groups is 1. The van der Waals surface area contributed by atoms with Gasteiger partial charge in [0.1, 0.15) is 11.5 Å². The van der Waals surface area contributed by atoms with Crippen molar-refractivity contribution in [1.82, 2.24) is 10.6 Å². The largest absolute Gasteiger partial charge is 0.497 e. The Balaban J connectivity index is 2.54. The van der Waals surface area contributed by atoms with Crippen LogP contribution >= 0.6 is 0 Å². The number of hydrogen-bond donors (Lipinski definition) is 2. The van der Waals surface area contributed by atoms with E-state index in [4.69, 9.17) is 9.47 Å². The first kappa shape index (κ1) is 20.3. The maximum absolute atomic E-state index is 12.0. The summed E-state index contributed by atoms with van der Waals surface area (Å²) >= 11 is 0. The third-order valence-electron chi connectivity index (χ3n) is 3.43. The fourth-order valence-corrected chi connectivity index (χ4v) is 2.87. The predicted molar refractivity (Wildman–Crippen MR) is 101 cm³/mol. The molecule has 0 amide bonds. The summed E-state index contributed by atoms with van der Waals surface area (Å²) in [5.74, 6) is 2.75. The molecule has 7 heteroatoms. The summed E-state index contributed by atoms with van der Waals surface area (Å²) in [6, 6.07) is 5.69. The van der Waals surface area contributed by atoms with Crippen LogP contribution in [0.2, 0.25) is 0 Å². The van der Waals surface area contributed by atoms with Crippen molar-refractivity contribution < 1.29 is 13.7 Å². The molecule has 0 radical (unpaired) electrons. The number of benzene rings is 1. The lowest BCUT2D eigenvalue weighted by atomic mass is 10.2. The molecule has 0 spiro atoms. The van der Waals surface area contributed by atoms with Gasteiger partial charge < -0.3 is 20.1 Å². The quantitative estimate of drug-likeness (QED) is 0.577. The van der Waals surface area contributed by atoms with Crippen molar-refractivity contribution in [2.24, 2.45) is 4.99 Å². The number of rotatable bonds is 7. The van der Waals surface area contributed by atoms with E-state index >= 15 is 0 Å². The topological polar surface area (TPSA) is 72.0 Å². The Labute approximate surface area is 147 Å². The van der Waals surface area contributed by atoms with Gasteiger partial charge in [0.25, 0.3) is 0 Å². The minimum absolute atomic E-state index is 0.199. The molecule has 0 aliphatic heterocycles. The van der Waals surface area contributed by atoms with Crippen LogP contribution in [0.3, 0.4) is 0 Å². The highest BCUT2D eigenvalue weighted by Gasteiger charge is 2.18. The predicted octanol–water partition coefficient (Wildman–Crippen LogP) is 1.92. The van der Waals surface area contributed by atoms with Crippen molar-refractivity contribution in [1.29, 1.82) is 0 Å². The van der Waals surface area contributed by atoms with Gasteiger partial charge in [0.05, 0.1) is 14.2 Å². The lowest BCUT2D eigenvalue weighted by Crippen LogP contribution is -2.40. The Morgan fingerprint density at radius 2 is 1.92 bits per heavy atom. The van der Waals surface area contributed by atoms with Gasteiger partial charge in [-0.25, -0.2) is 0 Å². The van der Waals surface area contributed by atoms with Crippen molar-refractivity contribution in [2.45, 2.75) is 32.1 Å². The molecule has 1 atom stereocenters. The van der Waals surface area contributed by atoms with Crippen LogP contribution in [0.1, 0.15) is 26.3 Å². The number of hydrogen-bond acceptors (Lipinski definition) is 4. The van der Waals surface area contributed by atoms with Gasteiger partial charge in [0.2, 0.25) is 0 Å². The van der Waals surface area contributed by atoms with Crippen LogP contribution in [0, 0.1) is 0 Å². The molecule has 0 fully saturated rings. The summed E-state index contributed by atoms with van der Waals surface area (Å²) in [5, 5.41) is 6.41. The summed E-state index contributed by atoms with van der Waals surface area (Å²) in [7, 11) is 4.08. The van der Waals surface area contributed by atoms with Crippen molar-refractivity contribution in [3.05, 3.63) is 23.8 Å². The molecule has 1 aromatic rings. The molecule has 0 heterocycles. The molecular weight excluding hydrogens is 326 g/mol. The van der Waals surface area contributed by atoms with E-state index in [9.17, 15) is 4.21 Å². The van der Waals surface area contributed by atoms with Crippen molar-refractivity contribution >= 4 is 16.8 Å². The summed E-state index contributed by atoms with van der Waals surface area (Å²) in [6.07, 6.45) is 0. The van der Waals surface area contributed by atoms with Gasteiger partial charge in [-0.1, -0.05) is 0 Å². The molecule has 2 N–H and O–H groups in total. The summed E-state index contributed by atoms with van der Waals surface area (Å²) in [5.41, 5.74) is 1.000. The fourth-order valence-electron chi connectivity index (χ4n) is 1.97. The minimum Gasteiger partial charge on any atom is -0.497 e. The Morgan fingerprint density at radius 3 is 2.46 bits per heavy atom. The fraction of sp³-hybridized carbons (Fsp3) is 0.588. The van der Waals surface area contributed by atoms with E-state index in [0.29, 0.717) is 24.8 Å². The highest BCUT2D eigenvalue weighted by Crippen LogP contribution is 2.24. The van der Waals surface area contributed by atoms with E-state index in [0.717, 1.165) is 17.1 Å². The van der Waals surface area contributed by atoms with Crippen molar-refractivity contribution in [2.75, 3.05) is 33.6 Å². The van der Waals surface area contributed by atoms with Crippen molar-refractivity contribution in [3.8, 4) is 11.5 Å². The van der Waals surface area contributed by atoms with Gasteiger partial charge >= 0.3 is 0 Å². The van der Waals surface area contributed by atoms with E-state index in [1.807, 2.05) is 39.0 Å². The van der Waals surface area contributed by atoms with Crippen LogP contribution in [-0.2, 0) is 17.3 Å². The zero-order chi connectivity index (χ0) is 18.2. The zero-order valence-corrected chi connectivity index (χ0v) is 16.3. The molecule has 0 bridgehead atoms. The second kappa shape index (κ2) is 9.52. The lowest BCUT2D eigenvalue weighted by Gasteiger charge is -2.18. The van der Waals surface area contributed by atoms with E-state index in [-0.39, 0.29) is 4.75 Å². The number of methoxy groups -OCH3 is 2. The Hall–Kier alpha value is -1.76. The van der Waals surface area contributed by atoms with E-state index in [1.54, 1.807) is 21.3 Å². The maximum Gasteiger partial charge on any atom is 0.191 e. The second-order valence-corrected chi connectivity index (χ2v) is 8.52. The van der Waals surface area contributed by atoms with Gasteiger partial charge in [-0.05, 0) is 32.9 Å². The molecule has 0 saturated carbocycles. The molecule has 1 aromatic carbocycles. The zero-order valence-electron chi connectivity index (χ0n) is 15.4. The Bertz CT molecular complexity index is 583. The molecule has 0 aromatic heterocycles. The number of ether oxygens (including phenoxy) is 2. The van der Waals surface area contributed by atoms with Crippen LogP contribution in [0.5, 0.6) is 11.5 Å². The molecular formula is C17H29N3O3S. The molecule has 0 aliphatic rings. The minimum atomic E-state index is -0.884. The van der Waals surface area contributed by atoms with Gasteiger partial charge in [-0.2, -0.15) is 0 Å². The summed E-state index contributed by atoms with van der Waals surface area (Å²) in [6.45, 7) is 7.10. The number of nitrogens with one attached hydrogen (secondary N) is 2. The highest BCUT2D eigenvalue weighted by atomic mass is 32.2. The molecule has 1 unspecified atom stereocenters. The first-order chi connectivity index (χ1) is 11.3. The van der Waals surface area contributed by atoms with Gasteiger partial charge in [0, 0.05) is 53.1 Å². The summed E-state index contributed by atoms with van der Waals surface area (Å²) < 4.78 is 22.4. The van der Waals surface area contributed by atoms with Gasteiger partial charge in [0.15, 0.2) is 5.96 Å². The van der Waals surface area contributed by atoms with Crippen molar-refractivity contribution in [3.63, 3.8) is 0 Å². The highest BCUT2D eigenvalue weighted by molar-refractivity contribution is 7.86. The molecule has 1 rings (SSSR count). The lowest BCUT2D eigenvalue weighted by molar-refractivity contribution is 0.390. The maximum atomic E-state index is 12.0. The van der Waals surface area contributed by atoms with Gasteiger partial charge in [-0.3, -0.25) is 9.20 Å². The average molecular weight is 356 g/mol. The third-order valence-corrected chi connectivity index (χ3v) is 5.37. The van der Waals surface area contributed by atoms with E-state index < -0.39 is 10.8 Å². The molecule has 6 nitrogen and oxygen atoms in total. The molecule has 0 aliphatic carbocycles. The Kier molecular flexibility index (Phi) is 8.04. The number of nitrogens with zero attached hydrogens (tertiary/aromatic N) is 1. The average Bonchev–Trinajstić information content (AvgIpc) is 2.56. The van der Waals surface area contributed by atoms with Crippen LogP contribution < -0.4 is 20.1 Å².